The third-order valence-corrected chi connectivity index (χ3v) is 4.62. The molecule has 6 nitrogen and oxygen atoms in total. The highest BCUT2D eigenvalue weighted by Crippen LogP contribution is 2.15. The molecule has 0 radical (unpaired) electrons. The van der Waals surface area contributed by atoms with E-state index < -0.39 is 0 Å². The van der Waals surface area contributed by atoms with Crippen molar-refractivity contribution in [3.63, 3.8) is 0 Å². The molecular weight excluding hydrogens is 413 g/mol. The van der Waals surface area contributed by atoms with Crippen LogP contribution in [-0.2, 0) is 11.3 Å². The molecule has 126 valence electrons. The van der Waals surface area contributed by atoms with Crippen LogP contribution in [0.2, 0.25) is 0 Å². The number of nitrogens with one attached hydrogen (secondary N) is 2. The highest BCUT2D eigenvalue weighted by molar-refractivity contribution is 14.0. The minimum absolute atomic E-state index is 0. The monoisotopic (exact) mass is 439 g/mol. The molecule has 8 heteroatoms. The Balaban J connectivity index is 0.00000242. The number of aromatic nitrogens is 1. The molecule has 0 aromatic carbocycles. The lowest BCUT2D eigenvalue weighted by Crippen LogP contribution is -2.48. The molecule has 2 N–H and O–H groups in total. The van der Waals surface area contributed by atoms with Gasteiger partial charge >= 0.3 is 0 Å². The average molecular weight is 439 g/mol. The maximum absolute atomic E-state index is 5.73. The Bertz CT molecular complexity index is 474. The van der Waals surface area contributed by atoms with Crippen LogP contribution >= 0.6 is 35.3 Å². The van der Waals surface area contributed by atoms with E-state index in [2.05, 4.69) is 39.5 Å². The first-order valence-electron chi connectivity index (χ1n) is 7.26. The van der Waals surface area contributed by atoms with Crippen molar-refractivity contribution >= 4 is 41.3 Å². The Kier molecular flexibility index (Phi) is 8.58. The van der Waals surface area contributed by atoms with E-state index in [0.29, 0.717) is 6.54 Å². The number of morpholine rings is 1. The van der Waals surface area contributed by atoms with Crippen molar-refractivity contribution in [1.29, 1.82) is 0 Å². The number of likely N-dealkylation sites (N-methyl/N-ethyl adjacent to an activating group) is 1. The fourth-order valence-corrected chi connectivity index (χ4v) is 3.07. The summed E-state index contributed by atoms with van der Waals surface area (Å²) in [5.41, 5.74) is 1.11. The van der Waals surface area contributed by atoms with Crippen LogP contribution in [0.25, 0.3) is 0 Å². The Morgan fingerprint density at radius 1 is 1.45 bits per heavy atom. The van der Waals surface area contributed by atoms with Gasteiger partial charge in [0.15, 0.2) is 5.96 Å². The van der Waals surface area contributed by atoms with Gasteiger partial charge < -0.3 is 20.3 Å². The maximum atomic E-state index is 5.73. The number of rotatable bonds is 4. The lowest BCUT2D eigenvalue weighted by atomic mass is 10.3. The summed E-state index contributed by atoms with van der Waals surface area (Å²) in [6.07, 6.45) is 0.214. The predicted molar refractivity (Wildman–Crippen MR) is 102 cm³/mol. The molecule has 0 amide bonds. The van der Waals surface area contributed by atoms with Crippen molar-refractivity contribution in [3.8, 4) is 0 Å². The molecule has 0 bridgehead atoms. The summed E-state index contributed by atoms with van der Waals surface area (Å²) in [6, 6.07) is 0. The van der Waals surface area contributed by atoms with Crippen molar-refractivity contribution in [3.05, 3.63) is 15.6 Å². The van der Waals surface area contributed by atoms with Crippen molar-refractivity contribution in [2.75, 3.05) is 40.3 Å². The summed E-state index contributed by atoms with van der Waals surface area (Å²) in [6.45, 7) is 8.36. The predicted octanol–water partition coefficient (Wildman–Crippen LogP) is 1.37. The Morgan fingerprint density at radius 3 is 2.82 bits per heavy atom. The summed E-state index contributed by atoms with van der Waals surface area (Å²) in [7, 11) is 3.90. The van der Waals surface area contributed by atoms with E-state index in [-0.39, 0.29) is 30.1 Å². The molecule has 1 aliphatic heterocycles. The molecule has 0 spiro atoms. The second-order valence-electron chi connectivity index (χ2n) is 5.31. The number of thiazole rings is 1. The number of nitrogens with zero attached hydrogens (tertiary/aromatic N) is 3. The highest BCUT2D eigenvalue weighted by atomic mass is 127. The molecule has 1 aromatic heterocycles. The van der Waals surface area contributed by atoms with Crippen molar-refractivity contribution in [2.45, 2.75) is 26.5 Å². The Labute approximate surface area is 153 Å². The molecule has 1 aromatic rings. The van der Waals surface area contributed by atoms with Crippen LogP contribution in [0.15, 0.2) is 4.99 Å². The number of aliphatic imine (C=N–C) groups is 1. The van der Waals surface area contributed by atoms with Crippen molar-refractivity contribution < 1.29 is 4.74 Å². The molecule has 22 heavy (non-hydrogen) atoms. The van der Waals surface area contributed by atoms with Gasteiger partial charge in [-0.2, -0.15) is 0 Å². The van der Waals surface area contributed by atoms with Gasteiger partial charge in [-0.25, -0.2) is 4.98 Å². The standard InChI is InChI=1S/C14H25N5OS.HI/c1-10-11(2)21-13(18-10)8-17-14(15-3)16-7-12-9-19(4)5-6-20-12;/h12H,5-9H2,1-4H3,(H2,15,16,17);1H. The summed E-state index contributed by atoms with van der Waals surface area (Å²) in [4.78, 5) is 12.3. The molecule has 2 heterocycles. The second kappa shape index (κ2) is 9.64. The smallest absolute Gasteiger partial charge is 0.191 e. The van der Waals surface area contributed by atoms with Gasteiger partial charge in [0.1, 0.15) is 5.01 Å². The lowest BCUT2D eigenvalue weighted by Gasteiger charge is -2.30. The highest BCUT2D eigenvalue weighted by Gasteiger charge is 2.17. The molecule has 1 unspecified atom stereocenters. The lowest BCUT2D eigenvalue weighted by molar-refractivity contribution is -0.0161. The van der Waals surface area contributed by atoms with Gasteiger partial charge in [-0.05, 0) is 20.9 Å². The number of hydrogen-bond acceptors (Lipinski definition) is 5. The molecule has 1 atom stereocenters. The van der Waals surface area contributed by atoms with E-state index in [1.165, 1.54) is 4.88 Å². The minimum atomic E-state index is 0. The zero-order valence-electron chi connectivity index (χ0n) is 13.7. The third-order valence-electron chi connectivity index (χ3n) is 3.54. The number of halogens is 1. The Hall–Kier alpha value is -0.450. The van der Waals surface area contributed by atoms with Crippen LogP contribution in [0.5, 0.6) is 0 Å². The molecule has 2 rings (SSSR count). The first-order chi connectivity index (χ1) is 10.1. The fraction of sp³-hybridized carbons (Fsp3) is 0.714. The molecular formula is C14H26IN5OS. The SMILES string of the molecule is CN=C(NCc1nc(C)c(C)s1)NCC1CN(C)CCO1.I. The van der Waals surface area contributed by atoms with Gasteiger partial charge in [0, 0.05) is 31.6 Å². The number of hydrogen-bond donors (Lipinski definition) is 2. The van der Waals surface area contributed by atoms with Gasteiger partial charge in [-0.3, -0.25) is 4.99 Å². The van der Waals surface area contributed by atoms with E-state index >= 15 is 0 Å². The summed E-state index contributed by atoms with van der Waals surface area (Å²) in [5.74, 6) is 0.789. The molecule has 0 aliphatic carbocycles. The van der Waals surface area contributed by atoms with E-state index in [1.807, 2.05) is 6.92 Å². The van der Waals surface area contributed by atoms with Crippen LogP contribution < -0.4 is 10.6 Å². The maximum Gasteiger partial charge on any atom is 0.191 e. The zero-order valence-corrected chi connectivity index (χ0v) is 16.8. The summed E-state index contributed by atoms with van der Waals surface area (Å²) in [5, 5.41) is 7.69. The van der Waals surface area contributed by atoms with Crippen LogP contribution in [0.3, 0.4) is 0 Å². The van der Waals surface area contributed by atoms with E-state index in [0.717, 1.165) is 42.9 Å². The van der Waals surface area contributed by atoms with Crippen molar-refractivity contribution in [2.24, 2.45) is 4.99 Å². The average Bonchev–Trinajstić information content (AvgIpc) is 2.78. The van der Waals surface area contributed by atoms with E-state index in [9.17, 15) is 0 Å². The molecule has 1 saturated heterocycles. The van der Waals surface area contributed by atoms with Crippen molar-refractivity contribution in [1.82, 2.24) is 20.5 Å². The van der Waals surface area contributed by atoms with Gasteiger partial charge in [-0.1, -0.05) is 0 Å². The number of guanidine groups is 1. The zero-order chi connectivity index (χ0) is 15.2. The third kappa shape index (κ3) is 5.98. The first kappa shape index (κ1) is 19.6. The fourth-order valence-electron chi connectivity index (χ4n) is 2.20. The van der Waals surface area contributed by atoms with Gasteiger partial charge in [0.25, 0.3) is 0 Å². The number of aryl methyl sites for hydroxylation is 2. The van der Waals surface area contributed by atoms with Crippen LogP contribution in [0.4, 0.5) is 0 Å². The molecule has 1 aliphatic rings. The topological polar surface area (TPSA) is 61.8 Å². The second-order valence-corrected chi connectivity index (χ2v) is 6.60. The Morgan fingerprint density at radius 2 is 2.23 bits per heavy atom. The normalized spacial score (nSPS) is 19.6. The van der Waals surface area contributed by atoms with Crippen LogP contribution in [0, 0.1) is 13.8 Å². The van der Waals surface area contributed by atoms with Crippen LogP contribution in [0.1, 0.15) is 15.6 Å². The van der Waals surface area contributed by atoms with E-state index in [1.54, 1.807) is 18.4 Å². The molecule has 0 saturated carbocycles. The van der Waals surface area contributed by atoms with Gasteiger partial charge in [0.05, 0.1) is 24.9 Å². The van der Waals surface area contributed by atoms with Crippen LogP contribution in [-0.4, -0.2) is 62.3 Å². The summed E-state index contributed by atoms with van der Waals surface area (Å²) >= 11 is 1.73. The quantitative estimate of drug-likeness (QED) is 0.422. The van der Waals surface area contributed by atoms with E-state index in [4.69, 9.17) is 4.74 Å². The minimum Gasteiger partial charge on any atom is -0.374 e. The largest absolute Gasteiger partial charge is 0.374 e. The first-order valence-corrected chi connectivity index (χ1v) is 8.07. The molecule has 1 fully saturated rings. The summed E-state index contributed by atoms with van der Waals surface area (Å²) < 4.78 is 5.73. The number of ether oxygens (including phenoxy) is 1. The van der Waals surface area contributed by atoms with Gasteiger partial charge in [-0.15, -0.1) is 35.3 Å². The van der Waals surface area contributed by atoms with Gasteiger partial charge in [0.2, 0.25) is 0 Å².